The Labute approximate surface area is 224 Å². The molecule has 1 aliphatic carbocycles. The number of alkyl halides is 2. The number of Topliss-reactive ketones (excluding diaryl/α,β-unsaturated/α-hetero) is 1. The van der Waals surface area contributed by atoms with E-state index in [1.54, 1.807) is 24.3 Å². The number of nitrogens with one attached hydrogen (secondary N) is 2. The number of hydrogen-bond donors (Lipinski definition) is 2. The van der Waals surface area contributed by atoms with Gasteiger partial charge in [0, 0.05) is 21.7 Å². The molecule has 0 heterocycles. The summed E-state index contributed by atoms with van der Waals surface area (Å²) in [4.78, 5) is 25.4. The summed E-state index contributed by atoms with van der Waals surface area (Å²) in [5.74, 6) is -4.15. The van der Waals surface area contributed by atoms with Crippen LogP contribution in [0.2, 0.25) is 10.0 Å². The van der Waals surface area contributed by atoms with E-state index in [1.165, 1.54) is 24.3 Å². The molecule has 4 rings (SSSR count). The van der Waals surface area contributed by atoms with Crippen molar-refractivity contribution >= 4 is 69.5 Å². The lowest BCUT2D eigenvalue weighted by atomic mass is 10.1. The van der Waals surface area contributed by atoms with Crippen LogP contribution in [0.5, 0.6) is 0 Å². The van der Waals surface area contributed by atoms with Gasteiger partial charge in [-0.05, 0) is 60.2 Å². The van der Waals surface area contributed by atoms with Crippen molar-refractivity contribution in [2.45, 2.75) is 10.3 Å². The molecule has 2 N–H and O–H groups in total. The Kier molecular flexibility index (Phi) is 7.44. The Hall–Kier alpha value is -2.89. The van der Waals surface area contributed by atoms with Crippen LogP contribution in [0.4, 0.5) is 20.2 Å². The number of carbonyl (C=O) groups excluding carboxylic acids is 2. The van der Waals surface area contributed by atoms with E-state index >= 15 is 0 Å². The molecule has 1 saturated carbocycles. The van der Waals surface area contributed by atoms with Crippen molar-refractivity contribution in [2.75, 3.05) is 17.2 Å². The first-order chi connectivity index (χ1) is 17.0. The Morgan fingerprint density at radius 1 is 0.972 bits per heavy atom. The van der Waals surface area contributed by atoms with Crippen molar-refractivity contribution in [3.8, 4) is 6.07 Å². The fourth-order valence-corrected chi connectivity index (χ4v) is 5.30. The van der Waals surface area contributed by atoms with E-state index in [4.69, 9.17) is 51.7 Å². The average Bonchev–Trinajstić information content (AvgIpc) is 3.40. The Morgan fingerprint density at radius 2 is 1.67 bits per heavy atom. The van der Waals surface area contributed by atoms with E-state index in [0.29, 0.717) is 15.6 Å². The molecule has 11 heteroatoms. The predicted molar refractivity (Wildman–Crippen MR) is 136 cm³/mol. The largest absolute Gasteiger partial charge is 0.378 e. The molecule has 3 aromatic rings. The van der Waals surface area contributed by atoms with Crippen molar-refractivity contribution in [3.63, 3.8) is 0 Å². The van der Waals surface area contributed by atoms with Crippen LogP contribution in [0.25, 0.3) is 0 Å². The van der Waals surface area contributed by atoms with E-state index < -0.39 is 33.7 Å². The highest BCUT2D eigenvalue weighted by Crippen LogP contribution is 2.65. The van der Waals surface area contributed by atoms with Crippen molar-refractivity contribution in [3.05, 3.63) is 93.0 Å². The number of nitriles is 1. The number of hydrogen-bond acceptors (Lipinski definition) is 4. The van der Waals surface area contributed by atoms with Crippen molar-refractivity contribution in [1.82, 2.24) is 0 Å². The van der Waals surface area contributed by atoms with E-state index in [-0.39, 0.29) is 34.8 Å². The van der Waals surface area contributed by atoms with Gasteiger partial charge < -0.3 is 10.6 Å². The molecule has 0 spiro atoms. The molecule has 1 amide bonds. The van der Waals surface area contributed by atoms with Crippen LogP contribution < -0.4 is 10.6 Å². The van der Waals surface area contributed by atoms with Gasteiger partial charge >= 0.3 is 0 Å². The molecular weight excluding hydrogens is 554 g/mol. The summed E-state index contributed by atoms with van der Waals surface area (Å²) in [6, 6.07) is 13.6. The molecule has 1 aliphatic rings. The molecule has 0 saturated heterocycles. The molecule has 36 heavy (non-hydrogen) atoms. The number of nitrogens with zero attached hydrogens (tertiary/aromatic N) is 1. The Morgan fingerprint density at radius 3 is 2.31 bits per heavy atom. The lowest BCUT2D eigenvalue weighted by Crippen LogP contribution is -2.19. The van der Waals surface area contributed by atoms with Gasteiger partial charge in [0.15, 0.2) is 5.78 Å². The van der Waals surface area contributed by atoms with Crippen LogP contribution in [0.15, 0.2) is 54.6 Å². The van der Waals surface area contributed by atoms with Crippen LogP contribution in [0, 0.1) is 28.9 Å². The SMILES string of the molecule is N#Cc1ccc(NC(=O)c2cc(NCC(=O)C3C(c4cc(Cl)cc(Cl)c4)C3(Cl)Cl)ccc2F)c(F)c1. The zero-order valence-corrected chi connectivity index (χ0v) is 21.1. The molecule has 0 radical (unpaired) electrons. The number of rotatable bonds is 7. The van der Waals surface area contributed by atoms with Crippen LogP contribution in [-0.4, -0.2) is 22.6 Å². The summed E-state index contributed by atoms with van der Waals surface area (Å²) >= 11 is 24.8. The summed E-state index contributed by atoms with van der Waals surface area (Å²) < 4.78 is 27.1. The summed E-state index contributed by atoms with van der Waals surface area (Å²) in [6.45, 7) is -0.201. The highest BCUT2D eigenvalue weighted by atomic mass is 35.5. The second kappa shape index (κ2) is 10.2. The van der Waals surface area contributed by atoms with Crippen LogP contribution >= 0.6 is 46.4 Å². The number of benzene rings is 3. The summed E-state index contributed by atoms with van der Waals surface area (Å²) in [5, 5.41) is 14.7. The van der Waals surface area contributed by atoms with E-state index in [0.717, 1.165) is 12.1 Å². The van der Waals surface area contributed by atoms with Gasteiger partial charge in [0.25, 0.3) is 5.91 Å². The quantitative estimate of drug-likeness (QED) is 0.302. The van der Waals surface area contributed by atoms with E-state index in [1.807, 2.05) is 0 Å². The lowest BCUT2D eigenvalue weighted by molar-refractivity contribution is -0.118. The van der Waals surface area contributed by atoms with Gasteiger partial charge in [-0.1, -0.05) is 23.2 Å². The summed E-state index contributed by atoms with van der Waals surface area (Å²) in [5.41, 5.74) is 0.382. The minimum absolute atomic E-state index is 0.0711. The van der Waals surface area contributed by atoms with Crippen LogP contribution in [0.1, 0.15) is 27.4 Å². The monoisotopic (exact) mass is 567 g/mol. The Bertz CT molecular complexity index is 1400. The second-order valence-corrected chi connectivity index (χ2v) is 10.4. The number of carbonyl (C=O) groups is 2. The van der Waals surface area contributed by atoms with Gasteiger partial charge in [-0.2, -0.15) is 5.26 Å². The zero-order chi connectivity index (χ0) is 26.2. The third-order valence-corrected chi connectivity index (χ3v) is 7.05. The smallest absolute Gasteiger partial charge is 0.258 e. The molecule has 2 unspecified atom stereocenters. The van der Waals surface area contributed by atoms with Gasteiger partial charge in [-0.25, -0.2) is 8.78 Å². The third kappa shape index (κ3) is 5.42. The first-order valence-electron chi connectivity index (χ1n) is 10.4. The lowest BCUT2D eigenvalue weighted by Gasteiger charge is -2.10. The molecule has 0 aromatic heterocycles. The maximum absolute atomic E-state index is 14.3. The summed E-state index contributed by atoms with van der Waals surface area (Å²) in [7, 11) is 0. The predicted octanol–water partition coefficient (Wildman–Crippen LogP) is 6.96. The van der Waals surface area contributed by atoms with E-state index in [9.17, 15) is 18.4 Å². The van der Waals surface area contributed by atoms with Crippen molar-refractivity contribution < 1.29 is 18.4 Å². The first-order valence-corrected chi connectivity index (χ1v) is 11.9. The molecule has 184 valence electrons. The van der Waals surface area contributed by atoms with Crippen molar-refractivity contribution in [1.29, 1.82) is 5.26 Å². The third-order valence-electron chi connectivity index (χ3n) is 5.67. The molecule has 2 atom stereocenters. The molecule has 3 aromatic carbocycles. The molecule has 1 fully saturated rings. The van der Waals surface area contributed by atoms with Gasteiger partial charge in [0.1, 0.15) is 16.0 Å². The number of ketones is 1. The highest BCUT2D eigenvalue weighted by Gasteiger charge is 2.67. The molecule has 0 bridgehead atoms. The molecule has 5 nitrogen and oxygen atoms in total. The van der Waals surface area contributed by atoms with Crippen molar-refractivity contribution in [2.24, 2.45) is 5.92 Å². The highest BCUT2D eigenvalue weighted by molar-refractivity contribution is 6.53. The van der Waals surface area contributed by atoms with Crippen LogP contribution in [0.3, 0.4) is 0 Å². The standard InChI is InChI=1S/C25H15Cl4F2N3O2/c26-14-6-13(7-15(27)8-14)22-23(25(22,28)29)21(35)11-33-16-2-3-18(30)17(9-16)24(36)34-20-4-1-12(10-32)5-19(20)31/h1-9,22-23,33H,11H2,(H,34,36). The van der Waals surface area contributed by atoms with Crippen LogP contribution in [-0.2, 0) is 4.79 Å². The van der Waals surface area contributed by atoms with Gasteiger partial charge in [0.2, 0.25) is 0 Å². The van der Waals surface area contributed by atoms with E-state index in [2.05, 4.69) is 10.6 Å². The van der Waals surface area contributed by atoms with Gasteiger partial charge in [-0.15, -0.1) is 23.2 Å². The molecule has 0 aliphatic heterocycles. The maximum Gasteiger partial charge on any atom is 0.258 e. The summed E-state index contributed by atoms with van der Waals surface area (Å²) in [6.07, 6.45) is 0. The van der Waals surface area contributed by atoms with Gasteiger partial charge in [-0.3, -0.25) is 9.59 Å². The number of halogens is 6. The fourth-order valence-electron chi connectivity index (χ4n) is 3.88. The second-order valence-electron chi connectivity index (χ2n) is 8.11. The zero-order valence-electron chi connectivity index (χ0n) is 18.1. The topological polar surface area (TPSA) is 82.0 Å². The average molecular weight is 569 g/mol. The Balaban J connectivity index is 1.44. The first kappa shape index (κ1) is 26.2. The number of anilines is 2. The minimum Gasteiger partial charge on any atom is -0.378 e. The fraction of sp³-hybridized carbons (Fsp3) is 0.160. The normalized spacial score (nSPS) is 17.7. The number of amides is 1. The minimum atomic E-state index is -1.34. The van der Waals surface area contributed by atoms with Gasteiger partial charge in [0.05, 0.1) is 35.3 Å². The molecular formula is C25H15Cl4F2N3O2. The maximum atomic E-state index is 14.3.